The van der Waals surface area contributed by atoms with Gasteiger partial charge in [-0.2, -0.15) is 0 Å². The van der Waals surface area contributed by atoms with Crippen molar-refractivity contribution in [2.24, 2.45) is 0 Å². The van der Waals surface area contributed by atoms with Crippen LogP contribution in [0.1, 0.15) is 16.8 Å². The van der Waals surface area contributed by atoms with E-state index in [1.807, 2.05) is 0 Å². The summed E-state index contributed by atoms with van der Waals surface area (Å²) in [5.74, 6) is 0.466. The van der Waals surface area contributed by atoms with E-state index < -0.39 is 5.82 Å². The summed E-state index contributed by atoms with van der Waals surface area (Å²) in [4.78, 5) is 26.2. The molecule has 0 saturated carbocycles. The van der Waals surface area contributed by atoms with Gasteiger partial charge in [-0.05, 0) is 36.4 Å². The molecule has 2 aliphatic heterocycles. The molecule has 0 aromatic heterocycles. The lowest BCUT2D eigenvalue weighted by Gasteiger charge is -2.22. The number of anilines is 1. The van der Waals surface area contributed by atoms with Gasteiger partial charge < -0.3 is 19.7 Å². The molecule has 1 atom stereocenters. The third-order valence-electron chi connectivity index (χ3n) is 4.40. The van der Waals surface area contributed by atoms with Gasteiger partial charge in [-0.15, -0.1) is 0 Å². The van der Waals surface area contributed by atoms with Crippen molar-refractivity contribution < 1.29 is 23.5 Å². The SMILES string of the molecule is O=C(NC1CC(=O)N(c2ccc3c(c2)OCCO3)C1)c1ccc(F)cc1. The average Bonchev–Trinajstić information content (AvgIpc) is 3.02. The quantitative estimate of drug-likeness (QED) is 0.915. The van der Waals surface area contributed by atoms with Crippen LogP contribution in [0.4, 0.5) is 10.1 Å². The normalized spacial score (nSPS) is 18.7. The maximum absolute atomic E-state index is 13.0. The minimum absolute atomic E-state index is 0.0777. The van der Waals surface area contributed by atoms with E-state index in [0.29, 0.717) is 42.5 Å². The zero-order valence-corrected chi connectivity index (χ0v) is 13.9. The van der Waals surface area contributed by atoms with E-state index in [-0.39, 0.29) is 24.3 Å². The van der Waals surface area contributed by atoms with Crippen LogP contribution >= 0.6 is 0 Å². The number of halogens is 1. The highest BCUT2D eigenvalue weighted by Gasteiger charge is 2.32. The molecule has 134 valence electrons. The summed E-state index contributed by atoms with van der Waals surface area (Å²) in [6.07, 6.45) is 0.210. The number of amides is 2. The van der Waals surface area contributed by atoms with Gasteiger partial charge in [-0.3, -0.25) is 9.59 Å². The smallest absolute Gasteiger partial charge is 0.251 e. The highest BCUT2D eigenvalue weighted by atomic mass is 19.1. The Labute approximate surface area is 149 Å². The molecular formula is C19H17FN2O4. The number of benzene rings is 2. The monoisotopic (exact) mass is 356 g/mol. The van der Waals surface area contributed by atoms with Crippen LogP contribution in [0, 0.1) is 5.82 Å². The summed E-state index contributed by atoms with van der Waals surface area (Å²) in [6, 6.07) is 10.3. The lowest BCUT2D eigenvalue weighted by molar-refractivity contribution is -0.117. The predicted molar refractivity (Wildman–Crippen MR) is 92.1 cm³/mol. The molecular weight excluding hydrogens is 339 g/mol. The minimum atomic E-state index is -0.401. The molecule has 6 nitrogen and oxygen atoms in total. The van der Waals surface area contributed by atoms with Crippen molar-refractivity contribution in [2.45, 2.75) is 12.5 Å². The van der Waals surface area contributed by atoms with Crippen molar-refractivity contribution in [1.82, 2.24) is 5.32 Å². The van der Waals surface area contributed by atoms with Gasteiger partial charge in [-0.1, -0.05) is 0 Å². The molecule has 1 saturated heterocycles. The Morgan fingerprint density at radius 3 is 2.58 bits per heavy atom. The molecule has 0 radical (unpaired) electrons. The second-order valence-corrected chi connectivity index (χ2v) is 6.21. The first kappa shape index (κ1) is 16.4. The number of nitrogens with one attached hydrogen (secondary N) is 1. The van der Waals surface area contributed by atoms with E-state index in [2.05, 4.69) is 5.32 Å². The minimum Gasteiger partial charge on any atom is -0.486 e. The average molecular weight is 356 g/mol. The van der Waals surface area contributed by atoms with Crippen molar-refractivity contribution >= 4 is 17.5 Å². The van der Waals surface area contributed by atoms with Crippen molar-refractivity contribution in [3.8, 4) is 11.5 Å². The van der Waals surface area contributed by atoms with E-state index in [4.69, 9.17) is 9.47 Å². The van der Waals surface area contributed by atoms with Crippen molar-refractivity contribution in [3.63, 3.8) is 0 Å². The van der Waals surface area contributed by atoms with Crippen LogP contribution in [0.2, 0.25) is 0 Å². The number of nitrogens with zero attached hydrogens (tertiary/aromatic N) is 1. The molecule has 1 fully saturated rings. The Kier molecular flexibility index (Phi) is 4.20. The van der Waals surface area contributed by atoms with Gasteiger partial charge in [0, 0.05) is 30.3 Å². The summed E-state index contributed by atoms with van der Waals surface area (Å²) >= 11 is 0. The molecule has 2 heterocycles. The Hall–Kier alpha value is -3.09. The summed E-state index contributed by atoms with van der Waals surface area (Å²) in [5.41, 5.74) is 1.06. The number of rotatable bonds is 3. The van der Waals surface area contributed by atoms with Gasteiger partial charge >= 0.3 is 0 Å². The van der Waals surface area contributed by atoms with Gasteiger partial charge in [0.2, 0.25) is 5.91 Å². The maximum atomic E-state index is 13.0. The molecule has 1 N–H and O–H groups in total. The van der Waals surface area contributed by atoms with Crippen LogP contribution < -0.4 is 19.7 Å². The zero-order chi connectivity index (χ0) is 18.1. The van der Waals surface area contributed by atoms with Gasteiger partial charge in [0.25, 0.3) is 5.91 Å². The lowest BCUT2D eigenvalue weighted by atomic mass is 10.2. The highest BCUT2D eigenvalue weighted by Crippen LogP contribution is 2.35. The molecule has 1 unspecified atom stereocenters. The fourth-order valence-electron chi connectivity index (χ4n) is 3.12. The number of hydrogen-bond acceptors (Lipinski definition) is 4. The van der Waals surface area contributed by atoms with Crippen LogP contribution in [-0.2, 0) is 4.79 Å². The predicted octanol–water partition coefficient (Wildman–Crippen LogP) is 2.13. The second kappa shape index (κ2) is 6.67. The van der Waals surface area contributed by atoms with Crippen LogP contribution in [-0.4, -0.2) is 37.6 Å². The molecule has 2 aromatic carbocycles. The van der Waals surface area contributed by atoms with Crippen molar-refractivity contribution in [3.05, 3.63) is 53.8 Å². The van der Waals surface area contributed by atoms with Gasteiger partial charge in [0.15, 0.2) is 11.5 Å². The van der Waals surface area contributed by atoms with E-state index in [9.17, 15) is 14.0 Å². The number of ether oxygens (including phenoxy) is 2. The van der Waals surface area contributed by atoms with Gasteiger partial charge in [0.1, 0.15) is 19.0 Å². The first-order valence-corrected chi connectivity index (χ1v) is 8.36. The Morgan fingerprint density at radius 1 is 1.08 bits per heavy atom. The third kappa shape index (κ3) is 3.20. The van der Waals surface area contributed by atoms with Crippen LogP contribution in [0.25, 0.3) is 0 Å². The second-order valence-electron chi connectivity index (χ2n) is 6.21. The zero-order valence-electron chi connectivity index (χ0n) is 13.9. The summed E-state index contributed by atoms with van der Waals surface area (Å²) in [7, 11) is 0. The molecule has 4 rings (SSSR count). The molecule has 0 aliphatic carbocycles. The molecule has 2 aromatic rings. The third-order valence-corrected chi connectivity index (χ3v) is 4.40. The number of hydrogen-bond donors (Lipinski definition) is 1. The topological polar surface area (TPSA) is 67.9 Å². The number of fused-ring (bicyclic) bond motifs is 1. The highest BCUT2D eigenvalue weighted by molar-refractivity contribution is 5.99. The van der Waals surface area contributed by atoms with Crippen molar-refractivity contribution in [2.75, 3.05) is 24.7 Å². The number of carbonyl (C=O) groups excluding carboxylic acids is 2. The summed E-state index contributed by atoms with van der Waals surface area (Å²) < 4.78 is 24.0. The van der Waals surface area contributed by atoms with E-state index >= 15 is 0 Å². The Bertz CT molecular complexity index is 853. The van der Waals surface area contributed by atoms with Crippen molar-refractivity contribution in [1.29, 1.82) is 0 Å². The molecule has 2 aliphatic rings. The lowest BCUT2D eigenvalue weighted by Crippen LogP contribution is -2.37. The first-order valence-electron chi connectivity index (χ1n) is 8.36. The molecule has 0 bridgehead atoms. The molecule has 7 heteroatoms. The molecule has 0 spiro atoms. The Morgan fingerprint density at radius 2 is 1.81 bits per heavy atom. The molecule has 26 heavy (non-hydrogen) atoms. The van der Waals surface area contributed by atoms with Crippen LogP contribution in [0.5, 0.6) is 11.5 Å². The standard InChI is InChI=1S/C19H17FN2O4/c20-13-3-1-12(2-4-13)19(24)21-14-9-18(23)22(11-14)15-5-6-16-17(10-15)26-8-7-25-16/h1-6,10,14H,7-9,11H2,(H,21,24). The van der Waals surface area contributed by atoms with Gasteiger partial charge in [0.05, 0.1) is 6.04 Å². The summed E-state index contributed by atoms with van der Waals surface area (Å²) in [6.45, 7) is 1.35. The van der Waals surface area contributed by atoms with E-state index in [0.717, 1.165) is 0 Å². The molecule has 2 amide bonds. The largest absolute Gasteiger partial charge is 0.486 e. The van der Waals surface area contributed by atoms with E-state index in [1.165, 1.54) is 24.3 Å². The fraction of sp³-hybridized carbons (Fsp3) is 0.263. The van der Waals surface area contributed by atoms with Gasteiger partial charge in [-0.25, -0.2) is 4.39 Å². The Balaban J connectivity index is 1.45. The maximum Gasteiger partial charge on any atom is 0.251 e. The summed E-state index contributed by atoms with van der Waals surface area (Å²) in [5, 5.41) is 2.83. The first-order chi connectivity index (χ1) is 12.6. The van der Waals surface area contributed by atoms with Crippen LogP contribution in [0.15, 0.2) is 42.5 Å². The fourth-order valence-corrected chi connectivity index (χ4v) is 3.12. The number of carbonyl (C=O) groups is 2. The van der Waals surface area contributed by atoms with E-state index in [1.54, 1.807) is 23.1 Å². The van der Waals surface area contributed by atoms with Crippen LogP contribution in [0.3, 0.4) is 0 Å².